The van der Waals surface area contributed by atoms with Crippen LogP contribution in [0.4, 0.5) is 4.39 Å². The van der Waals surface area contributed by atoms with Gasteiger partial charge in [-0.1, -0.05) is 22.0 Å². The first-order valence-corrected chi connectivity index (χ1v) is 8.67. The molecule has 0 bridgehead atoms. The van der Waals surface area contributed by atoms with Gasteiger partial charge < -0.3 is 10.6 Å². The zero-order valence-corrected chi connectivity index (χ0v) is 15.0. The number of nitrogens with zero attached hydrogens (tertiary/aromatic N) is 2. The molecule has 5 nitrogen and oxygen atoms in total. The average molecular weight is 387 g/mol. The van der Waals surface area contributed by atoms with Gasteiger partial charge >= 0.3 is 0 Å². The molecule has 23 heavy (non-hydrogen) atoms. The molecular weight excluding hydrogens is 363 g/mol. The summed E-state index contributed by atoms with van der Waals surface area (Å²) in [7, 11) is 1.86. The second-order valence-electron chi connectivity index (χ2n) is 5.74. The minimum absolute atomic E-state index is 0.0626. The lowest BCUT2D eigenvalue weighted by Gasteiger charge is -2.34. The van der Waals surface area contributed by atoms with Gasteiger partial charge in [-0.3, -0.25) is 14.6 Å². The predicted molar refractivity (Wildman–Crippen MR) is 92.8 cm³/mol. The highest BCUT2D eigenvalue weighted by atomic mass is 79.9. The van der Waals surface area contributed by atoms with Crippen molar-refractivity contribution in [2.45, 2.75) is 6.54 Å². The van der Waals surface area contributed by atoms with Gasteiger partial charge in [0.1, 0.15) is 5.82 Å². The maximum atomic E-state index is 13.9. The highest BCUT2D eigenvalue weighted by Gasteiger charge is 2.19. The van der Waals surface area contributed by atoms with E-state index in [4.69, 9.17) is 0 Å². The molecule has 1 aromatic carbocycles. The third-order valence-electron chi connectivity index (χ3n) is 3.94. The van der Waals surface area contributed by atoms with Gasteiger partial charge in [0, 0.05) is 55.8 Å². The molecule has 2 rings (SSSR count). The molecule has 0 aromatic heterocycles. The maximum absolute atomic E-state index is 13.9. The Balaban J connectivity index is 1.72. The van der Waals surface area contributed by atoms with Gasteiger partial charge in [0.15, 0.2) is 0 Å². The summed E-state index contributed by atoms with van der Waals surface area (Å²) >= 11 is 3.27. The quantitative estimate of drug-likeness (QED) is 0.687. The number of likely N-dealkylation sites (N-methyl/N-ethyl adjacent to an activating group) is 1. The fourth-order valence-corrected chi connectivity index (χ4v) is 2.92. The van der Waals surface area contributed by atoms with E-state index in [0.29, 0.717) is 25.2 Å². The second kappa shape index (κ2) is 9.32. The van der Waals surface area contributed by atoms with Crippen LogP contribution in [0.2, 0.25) is 0 Å². The molecule has 0 radical (unpaired) electrons. The maximum Gasteiger partial charge on any atom is 0.234 e. The lowest BCUT2D eigenvalue weighted by molar-refractivity contribution is -0.122. The molecule has 7 heteroatoms. The number of rotatable bonds is 7. The fourth-order valence-electron chi connectivity index (χ4n) is 2.58. The molecule has 1 amide bonds. The van der Waals surface area contributed by atoms with Crippen LogP contribution < -0.4 is 10.6 Å². The molecule has 0 unspecified atom stereocenters. The third-order valence-corrected chi connectivity index (χ3v) is 4.43. The highest BCUT2D eigenvalue weighted by molar-refractivity contribution is 9.10. The normalized spacial score (nSPS) is 16.5. The summed E-state index contributed by atoms with van der Waals surface area (Å²) in [5, 5.41) is 5.88. The Bertz CT molecular complexity index is 521. The van der Waals surface area contributed by atoms with Crippen LogP contribution in [0.25, 0.3) is 0 Å². The number of hydrogen-bond acceptors (Lipinski definition) is 4. The summed E-state index contributed by atoms with van der Waals surface area (Å²) in [5.74, 6) is -0.113. The minimum atomic E-state index is -0.175. The Kier molecular flexibility index (Phi) is 7.42. The van der Waals surface area contributed by atoms with E-state index in [2.05, 4.69) is 36.4 Å². The molecule has 0 saturated carbocycles. The molecule has 0 atom stereocenters. The zero-order valence-electron chi connectivity index (χ0n) is 13.4. The van der Waals surface area contributed by atoms with Crippen LogP contribution in [0.1, 0.15) is 5.56 Å². The molecule has 1 aliphatic rings. The van der Waals surface area contributed by atoms with Gasteiger partial charge in [-0.2, -0.15) is 0 Å². The second-order valence-corrected chi connectivity index (χ2v) is 6.66. The van der Waals surface area contributed by atoms with E-state index in [-0.39, 0.29) is 11.7 Å². The number of carbonyl (C=O) groups is 1. The van der Waals surface area contributed by atoms with Gasteiger partial charge in [0.25, 0.3) is 0 Å². The molecule has 1 heterocycles. The van der Waals surface area contributed by atoms with Crippen molar-refractivity contribution in [2.24, 2.45) is 0 Å². The Hall–Kier alpha value is -1.02. The monoisotopic (exact) mass is 386 g/mol. The van der Waals surface area contributed by atoms with E-state index in [1.165, 1.54) is 6.07 Å². The largest absolute Gasteiger partial charge is 0.354 e. The molecule has 0 spiro atoms. The molecular formula is C16H24BrFN4O. The minimum Gasteiger partial charge on any atom is -0.354 e. The summed E-state index contributed by atoms with van der Waals surface area (Å²) in [4.78, 5) is 16.2. The number of halogens is 2. The van der Waals surface area contributed by atoms with Crippen LogP contribution in [0, 0.1) is 5.82 Å². The number of amides is 1. The highest BCUT2D eigenvalue weighted by Crippen LogP contribution is 2.17. The smallest absolute Gasteiger partial charge is 0.234 e. The van der Waals surface area contributed by atoms with E-state index in [9.17, 15) is 9.18 Å². The molecule has 1 saturated heterocycles. The summed E-state index contributed by atoms with van der Waals surface area (Å²) in [6, 6.07) is 5.19. The van der Waals surface area contributed by atoms with E-state index in [1.54, 1.807) is 0 Å². The lowest BCUT2D eigenvalue weighted by atomic mass is 10.2. The fraction of sp³-hybridized carbons (Fsp3) is 0.562. The van der Waals surface area contributed by atoms with Crippen LogP contribution in [0.3, 0.4) is 0 Å². The van der Waals surface area contributed by atoms with Crippen molar-refractivity contribution in [1.29, 1.82) is 0 Å². The van der Waals surface area contributed by atoms with Crippen LogP contribution in [0.15, 0.2) is 22.7 Å². The summed E-state index contributed by atoms with van der Waals surface area (Å²) in [6.07, 6.45) is 0. The summed E-state index contributed by atoms with van der Waals surface area (Å²) in [5.41, 5.74) is 0.714. The van der Waals surface area contributed by atoms with Gasteiger partial charge in [0.2, 0.25) is 5.91 Å². The van der Waals surface area contributed by atoms with E-state index in [0.717, 1.165) is 37.2 Å². The van der Waals surface area contributed by atoms with Crippen LogP contribution in [-0.2, 0) is 11.3 Å². The van der Waals surface area contributed by atoms with Crippen molar-refractivity contribution in [1.82, 2.24) is 20.4 Å². The number of benzene rings is 1. The van der Waals surface area contributed by atoms with Crippen molar-refractivity contribution in [3.05, 3.63) is 34.1 Å². The summed E-state index contributed by atoms with van der Waals surface area (Å²) < 4.78 is 14.6. The first-order valence-electron chi connectivity index (χ1n) is 7.88. The number of piperazine rings is 1. The van der Waals surface area contributed by atoms with Crippen molar-refractivity contribution in [3.8, 4) is 0 Å². The standard InChI is InChI=1S/C16H24BrFN4O/c1-19-4-5-20-16(23)12-22-8-6-21(7-9-22)11-13-2-3-14(17)10-15(13)18/h2-3,10,19H,4-9,11-12H2,1H3,(H,20,23). The van der Waals surface area contributed by atoms with Gasteiger partial charge in [0.05, 0.1) is 6.54 Å². The molecule has 1 fully saturated rings. The van der Waals surface area contributed by atoms with Crippen molar-refractivity contribution < 1.29 is 9.18 Å². The van der Waals surface area contributed by atoms with Crippen molar-refractivity contribution in [2.75, 3.05) is 52.9 Å². The van der Waals surface area contributed by atoms with Crippen LogP contribution in [0.5, 0.6) is 0 Å². The zero-order chi connectivity index (χ0) is 16.7. The predicted octanol–water partition coefficient (Wildman–Crippen LogP) is 1.04. The molecule has 2 N–H and O–H groups in total. The molecule has 0 aliphatic carbocycles. The van der Waals surface area contributed by atoms with Crippen molar-refractivity contribution in [3.63, 3.8) is 0 Å². The average Bonchev–Trinajstić information content (AvgIpc) is 2.52. The first-order chi connectivity index (χ1) is 11.1. The lowest BCUT2D eigenvalue weighted by Crippen LogP contribution is -2.49. The number of hydrogen-bond donors (Lipinski definition) is 2. The Labute approximate surface area is 145 Å². The summed E-state index contributed by atoms with van der Waals surface area (Å²) in [6.45, 7) is 5.83. The van der Waals surface area contributed by atoms with Crippen LogP contribution >= 0.6 is 15.9 Å². The van der Waals surface area contributed by atoms with E-state index >= 15 is 0 Å². The molecule has 1 aliphatic heterocycles. The van der Waals surface area contributed by atoms with E-state index < -0.39 is 0 Å². The van der Waals surface area contributed by atoms with Crippen molar-refractivity contribution >= 4 is 21.8 Å². The van der Waals surface area contributed by atoms with Gasteiger partial charge in [-0.05, 0) is 19.2 Å². The van der Waals surface area contributed by atoms with Gasteiger partial charge in [-0.15, -0.1) is 0 Å². The van der Waals surface area contributed by atoms with Gasteiger partial charge in [-0.25, -0.2) is 4.39 Å². The number of nitrogens with one attached hydrogen (secondary N) is 2. The first kappa shape index (κ1) is 18.3. The Morgan fingerprint density at radius 1 is 1.22 bits per heavy atom. The molecule has 128 valence electrons. The van der Waals surface area contributed by atoms with Crippen LogP contribution in [-0.4, -0.2) is 68.6 Å². The van der Waals surface area contributed by atoms with E-state index in [1.807, 2.05) is 19.2 Å². The molecule has 1 aromatic rings. The Morgan fingerprint density at radius 2 is 1.91 bits per heavy atom. The SMILES string of the molecule is CNCCNC(=O)CN1CCN(Cc2ccc(Br)cc2F)CC1. The Morgan fingerprint density at radius 3 is 2.57 bits per heavy atom. The topological polar surface area (TPSA) is 47.6 Å². The number of carbonyl (C=O) groups excluding carboxylic acids is 1. The third kappa shape index (κ3) is 6.18.